The number of nitrogens with one attached hydrogen (secondary N) is 1. The maximum absolute atomic E-state index is 5.71. The second kappa shape index (κ2) is 4.69. The van der Waals surface area contributed by atoms with E-state index in [2.05, 4.69) is 10.3 Å². The minimum Gasteiger partial charge on any atom is -0.371 e. The first-order valence-electron chi connectivity index (χ1n) is 4.64. The molecule has 13 heavy (non-hydrogen) atoms. The molecule has 0 radical (unpaired) electrons. The Morgan fingerprint density at radius 3 is 3.38 bits per heavy atom. The molecule has 72 valence electrons. The van der Waals surface area contributed by atoms with E-state index >= 15 is 0 Å². The summed E-state index contributed by atoms with van der Waals surface area (Å²) >= 11 is 1.62. The maximum atomic E-state index is 5.71. The summed E-state index contributed by atoms with van der Waals surface area (Å²) in [6, 6.07) is 0. The second-order valence-electron chi connectivity index (χ2n) is 3.26. The van der Waals surface area contributed by atoms with Gasteiger partial charge in [-0.15, -0.1) is 11.3 Å². The summed E-state index contributed by atoms with van der Waals surface area (Å²) in [7, 11) is 0. The number of ether oxygens (including phenoxy) is 1. The van der Waals surface area contributed by atoms with Gasteiger partial charge in [0.1, 0.15) is 0 Å². The molecule has 0 aromatic carbocycles. The molecule has 0 amide bonds. The van der Waals surface area contributed by atoms with E-state index in [0.29, 0.717) is 12.7 Å². The number of aromatic nitrogens is 1. The highest BCUT2D eigenvalue weighted by Crippen LogP contribution is 2.09. The first kappa shape index (κ1) is 9.12. The van der Waals surface area contributed by atoms with Crippen molar-refractivity contribution in [3.8, 4) is 0 Å². The van der Waals surface area contributed by atoms with Gasteiger partial charge in [-0.2, -0.15) is 0 Å². The highest BCUT2D eigenvalue weighted by Gasteiger charge is 2.13. The molecule has 2 heterocycles. The molecule has 1 fully saturated rings. The molecule has 4 heteroatoms. The molecule has 0 saturated carbocycles. The molecule has 0 bridgehead atoms. The average molecular weight is 198 g/mol. The summed E-state index contributed by atoms with van der Waals surface area (Å²) in [5.41, 5.74) is 2.90. The zero-order valence-electron chi connectivity index (χ0n) is 7.53. The summed E-state index contributed by atoms with van der Waals surface area (Å²) in [6.07, 6.45) is 2.79. The van der Waals surface area contributed by atoms with Crippen molar-refractivity contribution in [3.05, 3.63) is 16.6 Å². The maximum Gasteiger partial charge on any atom is 0.0900 e. The first-order chi connectivity index (χ1) is 6.45. The van der Waals surface area contributed by atoms with Crippen LogP contribution in [0.1, 0.15) is 18.5 Å². The van der Waals surface area contributed by atoms with Gasteiger partial charge in [0.05, 0.1) is 23.9 Å². The smallest absolute Gasteiger partial charge is 0.0900 e. The third-order valence-electron chi connectivity index (χ3n) is 2.20. The lowest BCUT2D eigenvalue weighted by Gasteiger charge is -2.22. The molecule has 1 aliphatic heterocycles. The van der Waals surface area contributed by atoms with E-state index in [1.807, 2.05) is 10.9 Å². The van der Waals surface area contributed by atoms with Crippen LogP contribution in [0.25, 0.3) is 0 Å². The van der Waals surface area contributed by atoms with Gasteiger partial charge in [-0.3, -0.25) is 0 Å². The van der Waals surface area contributed by atoms with Crippen LogP contribution in [-0.2, 0) is 11.3 Å². The molecule has 0 spiro atoms. The second-order valence-corrected chi connectivity index (χ2v) is 3.98. The van der Waals surface area contributed by atoms with Crippen LogP contribution >= 0.6 is 11.3 Å². The minimum absolute atomic E-state index is 0.385. The van der Waals surface area contributed by atoms with Gasteiger partial charge in [-0.05, 0) is 19.4 Å². The van der Waals surface area contributed by atoms with Crippen molar-refractivity contribution in [1.29, 1.82) is 0 Å². The Kier molecular flexibility index (Phi) is 3.29. The monoisotopic (exact) mass is 198 g/mol. The third-order valence-corrected chi connectivity index (χ3v) is 2.84. The Morgan fingerprint density at radius 1 is 1.69 bits per heavy atom. The number of hydrogen-bond donors (Lipinski definition) is 1. The van der Waals surface area contributed by atoms with Crippen LogP contribution in [0.5, 0.6) is 0 Å². The summed E-state index contributed by atoms with van der Waals surface area (Å²) < 4.78 is 5.71. The SMILES string of the molecule is c1nc(COC2CCCNC2)cs1. The predicted octanol–water partition coefficient (Wildman–Crippen LogP) is 1.41. The molecule has 1 saturated heterocycles. The van der Waals surface area contributed by atoms with Crippen molar-refractivity contribution in [2.75, 3.05) is 13.1 Å². The Morgan fingerprint density at radius 2 is 2.69 bits per heavy atom. The number of rotatable bonds is 3. The summed E-state index contributed by atoms with van der Waals surface area (Å²) in [6.45, 7) is 2.79. The van der Waals surface area contributed by atoms with Crippen LogP contribution in [0, 0.1) is 0 Å². The van der Waals surface area contributed by atoms with E-state index in [9.17, 15) is 0 Å². The van der Waals surface area contributed by atoms with E-state index < -0.39 is 0 Å². The molecule has 0 aliphatic carbocycles. The number of piperidine rings is 1. The molecule has 1 aromatic rings. The lowest BCUT2D eigenvalue weighted by Crippen LogP contribution is -2.35. The van der Waals surface area contributed by atoms with Crippen molar-refractivity contribution in [1.82, 2.24) is 10.3 Å². The summed E-state index contributed by atoms with van der Waals surface area (Å²) in [5, 5.41) is 5.36. The minimum atomic E-state index is 0.385. The van der Waals surface area contributed by atoms with E-state index in [-0.39, 0.29) is 0 Å². The van der Waals surface area contributed by atoms with Crippen LogP contribution in [-0.4, -0.2) is 24.2 Å². The molecule has 1 N–H and O–H groups in total. The zero-order chi connectivity index (χ0) is 8.93. The largest absolute Gasteiger partial charge is 0.371 e. The van der Waals surface area contributed by atoms with Crippen LogP contribution < -0.4 is 5.32 Å². The Bertz CT molecular complexity index is 232. The van der Waals surface area contributed by atoms with Gasteiger partial charge in [-0.1, -0.05) is 0 Å². The van der Waals surface area contributed by atoms with Crippen molar-refractivity contribution < 1.29 is 4.74 Å². The molecular weight excluding hydrogens is 184 g/mol. The highest BCUT2D eigenvalue weighted by atomic mass is 32.1. The van der Waals surface area contributed by atoms with Crippen molar-refractivity contribution >= 4 is 11.3 Å². The number of hydrogen-bond acceptors (Lipinski definition) is 4. The van der Waals surface area contributed by atoms with Crippen LogP contribution in [0.2, 0.25) is 0 Å². The Hall–Kier alpha value is -0.450. The van der Waals surface area contributed by atoms with Gasteiger partial charge < -0.3 is 10.1 Å². The van der Waals surface area contributed by atoms with Crippen molar-refractivity contribution in [3.63, 3.8) is 0 Å². The zero-order valence-corrected chi connectivity index (χ0v) is 8.35. The quantitative estimate of drug-likeness (QED) is 0.797. The number of thiazole rings is 1. The van der Waals surface area contributed by atoms with Gasteiger partial charge in [0.2, 0.25) is 0 Å². The van der Waals surface area contributed by atoms with Gasteiger partial charge in [0.25, 0.3) is 0 Å². The van der Waals surface area contributed by atoms with Crippen LogP contribution in [0.3, 0.4) is 0 Å². The molecule has 2 rings (SSSR count). The van der Waals surface area contributed by atoms with Crippen LogP contribution in [0.15, 0.2) is 10.9 Å². The highest BCUT2D eigenvalue weighted by molar-refractivity contribution is 7.07. The fourth-order valence-electron chi connectivity index (χ4n) is 1.47. The van der Waals surface area contributed by atoms with Crippen molar-refractivity contribution in [2.45, 2.75) is 25.6 Å². The molecule has 1 unspecified atom stereocenters. The predicted molar refractivity (Wildman–Crippen MR) is 52.8 cm³/mol. The lowest BCUT2D eigenvalue weighted by molar-refractivity contribution is 0.0238. The van der Waals surface area contributed by atoms with Gasteiger partial charge >= 0.3 is 0 Å². The van der Waals surface area contributed by atoms with Crippen molar-refractivity contribution in [2.24, 2.45) is 0 Å². The van der Waals surface area contributed by atoms with Gasteiger partial charge in [-0.25, -0.2) is 4.98 Å². The Labute approximate surface area is 82.1 Å². The normalized spacial score (nSPS) is 23.2. The van der Waals surface area contributed by atoms with Gasteiger partial charge in [0.15, 0.2) is 0 Å². The molecule has 3 nitrogen and oxygen atoms in total. The Balaban J connectivity index is 1.72. The average Bonchev–Trinajstić information content (AvgIpc) is 2.69. The lowest BCUT2D eigenvalue weighted by atomic mass is 10.1. The fourth-order valence-corrected chi connectivity index (χ4v) is 2.02. The van der Waals surface area contributed by atoms with Gasteiger partial charge in [0, 0.05) is 11.9 Å². The summed E-state index contributed by atoms with van der Waals surface area (Å²) in [5.74, 6) is 0. The molecule has 1 aromatic heterocycles. The van der Waals surface area contributed by atoms with E-state index in [1.165, 1.54) is 12.8 Å². The van der Waals surface area contributed by atoms with E-state index in [4.69, 9.17) is 4.74 Å². The van der Waals surface area contributed by atoms with E-state index in [0.717, 1.165) is 18.8 Å². The third kappa shape index (κ3) is 2.76. The van der Waals surface area contributed by atoms with Crippen LogP contribution in [0.4, 0.5) is 0 Å². The summed E-state index contributed by atoms with van der Waals surface area (Å²) in [4.78, 5) is 4.17. The first-order valence-corrected chi connectivity index (χ1v) is 5.59. The topological polar surface area (TPSA) is 34.1 Å². The molecule has 1 aliphatic rings. The number of nitrogens with zero attached hydrogens (tertiary/aromatic N) is 1. The fraction of sp³-hybridized carbons (Fsp3) is 0.667. The van der Waals surface area contributed by atoms with E-state index in [1.54, 1.807) is 11.3 Å². The molecular formula is C9H14N2OS. The standard InChI is InChI=1S/C9H14N2OS/c1-2-9(4-10-3-1)12-5-8-6-13-7-11-8/h6-7,9-10H,1-5H2. The molecule has 1 atom stereocenters.